The molecule has 4 N–H and O–H groups in total. The molecule has 13 heteroatoms. The highest BCUT2D eigenvalue weighted by atomic mass is 19.4. The first kappa shape index (κ1) is 27.1. The molecule has 38 heavy (non-hydrogen) atoms. The normalized spacial score (nSPS) is 16.1. The van der Waals surface area contributed by atoms with Crippen LogP contribution < -0.4 is 10.5 Å². The Morgan fingerprint density at radius 3 is 2.39 bits per heavy atom. The number of anilines is 1. The Kier molecular flexibility index (Phi) is 7.44. The lowest BCUT2D eigenvalue weighted by molar-refractivity contribution is -0.167. The molecule has 0 aliphatic carbocycles. The number of hydrogen-bond donors (Lipinski definition) is 4. The average Bonchev–Trinajstić information content (AvgIpc) is 3.28. The molecule has 0 radical (unpaired) electrons. The summed E-state index contributed by atoms with van der Waals surface area (Å²) in [6, 6.07) is 10.6. The number of amides is 1. The summed E-state index contributed by atoms with van der Waals surface area (Å²) in [5.74, 6) is -1.07. The van der Waals surface area contributed by atoms with Crippen molar-refractivity contribution >= 4 is 28.5 Å². The van der Waals surface area contributed by atoms with Crippen LogP contribution in [0, 0.1) is 5.41 Å². The Balaban J connectivity index is 1.55. The fourth-order valence-corrected chi connectivity index (χ4v) is 4.01. The number of halogens is 3. The van der Waals surface area contributed by atoms with Crippen LogP contribution in [0.3, 0.4) is 0 Å². The zero-order valence-electron chi connectivity index (χ0n) is 19.7. The molecule has 4 rings (SSSR count). The molecule has 0 bridgehead atoms. The van der Waals surface area contributed by atoms with Gasteiger partial charge in [0.05, 0.1) is 31.9 Å². The van der Waals surface area contributed by atoms with E-state index < -0.39 is 67.3 Å². The smallest absolute Gasteiger partial charge is 0.417 e. The molecular formula is C25H23F3N2O8. The Labute approximate surface area is 212 Å². The third-order valence-corrected chi connectivity index (χ3v) is 6.28. The molecule has 2 heterocycles. The summed E-state index contributed by atoms with van der Waals surface area (Å²) < 4.78 is 50.6. The standard InChI is InChI=1S/C25H23F3N2O8/c26-25(27,28)19-4-2-1-3-17(19)20-7-14-5-6-15(8-18(14)21(34)29-20)30-9-16(38-23(30)36)10-37-22(35)24(11-31,12-32)13-33/h1-8,16,31-33H,9-13H2,(H,29,34)/t16-/m0/s1. The number of cyclic esters (lactones) is 1. The van der Waals surface area contributed by atoms with Gasteiger partial charge in [-0.3, -0.25) is 14.5 Å². The molecule has 0 saturated carbocycles. The van der Waals surface area contributed by atoms with Crippen LogP contribution in [0.15, 0.2) is 53.3 Å². The van der Waals surface area contributed by atoms with Crippen molar-refractivity contribution in [3.05, 3.63) is 64.4 Å². The SMILES string of the molecule is O=C1O[C@H](COC(=O)C(CO)(CO)CO)CN1c1ccc2cc(-c3ccccc3C(F)(F)F)[nH]c(=O)c2c1. The van der Waals surface area contributed by atoms with Crippen LogP contribution in [0.25, 0.3) is 22.0 Å². The minimum Gasteiger partial charge on any atom is -0.461 e. The molecule has 2 aromatic carbocycles. The number of carbonyl (C=O) groups excluding carboxylic acids is 2. The first-order valence-corrected chi connectivity index (χ1v) is 11.3. The van der Waals surface area contributed by atoms with Gasteiger partial charge in [0.1, 0.15) is 12.0 Å². The number of ether oxygens (including phenoxy) is 2. The number of nitrogens with one attached hydrogen (secondary N) is 1. The topological polar surface area (TPSA) is 149 Å². The first-order chi connectivity index (χ1) is 18.0. The van der Waals surface area contributed by atoms with Crippen LogP contribution >= 0.6 is 0 Å². The van der Waals surface area contributed by atoms with Crippen LogP contribution in [-0.2, 0) is 20.4 Å². The molecule has 1 aliphatic rings. The number of aliphatic hydroxyl groups excluding tert-OH is 3. The van der Waals surface area contributed by atoms with Crippen molar-refractivity contribution in [2.75, 3.05) is 37.9 Å². The second kappa shape index (κ2) is 10.4. The van der Waals surface area contributed by atoms with Gasteiger partial charge in [-0.2, -0.15) is 13.2 Å². The van der Waals surface area contributed by atoms with Crippen LogP contribution in [0.2, 0.25) is 0 Å². The van der Waals surface area contributed by atoms with E-state index >= 15 is 0 Å². The van der Waals surface area contributed by atoms with E-state index in [0.29, 0.717) is 5.39 Å². The molecule has 1 fully saturated rings. The number of aliphatic hydroxyl groups is 3. The molecule has 1 aliphatic heterocycles. The van der Waals surface area contributed by atoms with Gasteiger partial charge in [0.15, 0.2) is 6.10 Å². The number of aromatic amines is 1. The number of rotatable bonds is 8. The fourth-order valence-electron chi connectivity index (χ4n) is 4.01. The molecule has 1 amide bonds. The highest BCUT2D eigenvalue weighted by Gasteiger charge is 2.40. The largest absolute Gasteiger partial charge is 0.461 e. The van der Waals surface area contributed by atoms with Gasteiger partial charge in [-0.25, -0.2) is 4.79 Å². The molecule has 0 spiro atoms. The zero-order valence-corrected chi connectivity index (χ0v) is 19.7. The number of hydrogen-bond acceptors (Lipinski definition) is 8. The van der Waals surface area contributed by atoms with Gasteiger partial charge in [-0.05, 0) is 29.7 Å². The van der Waals surface area contributed by atoms with Crippen LogP contribution in [0.4, 0.5) is 23.7 Å². The van der Waals surface area contributed by atoms with Crippen molar-refractivity contribution in [2.45, 2.75) is 12.3 Å². The highest BCUT2D eigenvalue weighted by molar-refractivity contribution is 5.95. The van der Waals surface area contributed by atoms with Gasteiger partial charge in [0.2, 0.25) is 0 Å². The quantitative estimate of drug-likeness (QED) is 0.320. The monoisotopic (exact) mass is 536 g/mol. The number of alkyl halides is 3. The summed E-state index contributed by atoms with van der Waals surface area (Å²) in [7, 11) is 0. The highest BCUT2D eigenvalue weighted by Crippen LogP contribution is 2.37. The molecule has 1 aromatic heterocycles. The molecular weight excluding hydrogens is 513 g/mol. The molecule has 3 aromatic rings. The Morgan fingerprint density at radius 2 is 1.74 bits per heavy atom. The van der Waals surface area contributed by atoms with E-state index in [2.05, 4.69) is 4.98 Å². The molecule has 202 valence electrons. The third-order valence-electron chi connectivity index (χ3n) is 6.28. The lowest BCUT2D eigenvalue weighted by Gasteiger charge is -2.25. The number of aromatic nitrogens is 1. The summed E-state index contributed by atoms with van der Waals surface area (Å²) in [4.78, 5) is 41.1. The van der Waals surface area contributed by atoms with E-state index in [0.717, 1.165) is 6.07 Å². The van der Waals surface area contributed by atoms with Gasteiger partial charge in [0.25, 0.3) is 5.56 Å². The molecule has 1 atom stereocenters. The van der Waals surface area contributed by atoms with Gasteiger partial charge in [-0.15, -0.1) is 0 Å². The lowest BCUT2D eigenvalue weighted by Crippen LogP contribution is -2.44. The van der Waals surface area contributed by atoms with Crippen LogP contribution in [0.1, 0.15) is 5.56 Å². The maximum atomic E-state index is 13.5. The predicted octanol–water partition coefficient (Wildman–Crippen LogP) is 2.05. The van der Waals surface area contributed by atoms with E-state index in [4.69, 9.17) is 9.47 Å². The zero-order chi connectivity index (χ0) is 27.7. The summed E-state index contributed by atoms with van der Waals surface area (Å²) >= 11 is 0. The number of benzene rings is 2. The number of carbonyl (C=O) groups is 2. The predicted molar refractivity (Wildman–Crippen MR) is 127 cm³/mol. The van der Waals surface area contributed by atoms with Crippen molar-refractivity contribution in [1.82, 2.24) is 4.98 Å². The second-order valence-electron chi connectivity index (χ2n) is 8.80. The van der Waals surface area contributed by atoms with E-state index in [1.165, 1.54) is 47.4 Å². The molecule has 0 unspecified atom stereocenters. The van der Waals surface area contributed by atoms with Crippen LogP contribution in [-0.4, -0.2) is 71.4 Å². The number of fused-ring (bicyclic) bond motifs is 1. The van der Waals surface area contributed by atoms with E-state index in [-0.39, 0.29) is 28.9 Å². The Hall–Kier alpha value is -3.94. The summed E-state index contributed by atoms with van der Waals surface area (Å²) in [6.45, 7) is -3.06. The average molecular weight is 536 g/mol. The van der Waals surface area contributed by atoms with E-state index in [1.807, 2.05) is 0 Å². The minimum absolute atomic E-state index is 0.0182. The summed E-state index contributed by atoms with van der Waals surface area (Å²) in [5, 5.41) is 28.4. The minimum atomic E-state index is -4.62. The second-order valence-corrected chi connectivity index (χ2v) is 8.80. The van der Waals surface area contributed by atoms with Gasteiger partial charge in [0, 0.05) is 22.3 Å². The lowest BCUT2D eigenvalue weighted by atomic mass is 9.91. The molecule has 1 saturated heterocycles. The summed E-state index contributed by atoms with van der Waals surface area (Å²) in [6.07, 6.45) is -6.34. The van der Waals surface area contributed by atoms with E-state index in [1.54, 1.807) is 0 Å². The van der Waals surface area contributed by atoms with Crippen molar-refractivity contribution < 1.29 is 47.6 Å². The third kappa shape index (κ3) is 5.08. The van der Waals surface area contributed by atoms with Gasteiger partial charge >= 0.3 is 18.2 Å². The van der Waals surface area contributed by atoms with Crippen molar-refractivity contribution in [3.63, 3.8) is 0 Å². The fraction of sp³-hybridized carbons (Fsp3) is 0.320. The van der Waals surface area contributed by atoms with Gasteiger partial charge in [-0.1, -0.05) is 24.3 Å². The maximum Gasteiger partial charge on any atom is 0.417 e. The number of nitrogens with zero attached hydrogens (tertiary/aromatic N) is 1. The Morgan fingerprint density at radius 1 is 1.05 bits per heavy atom. The van der Waals surface area contributed by atoms with Crippen LogP contribution in [0.5, 0.6) is 0 Å². The number of pyridine rings is 1. The van der Waals surface area contributed by atoms with Crippen molar-refractivity contribution in [1.29, 1.82) is 0 Å². The van der Waals surface area contributed by atoms with Crippen molar-refractivity contribution in [3.8, 4) is 11.3 Å². The van der Waals surface area contributed by atoms with E-state index in [9.17, 15) is 42.9 Å². The first-order valence-electron chi connectivity index (χ1n) is 11.3. The van der Waals surface area contributed by atoms with Crippen molar-refractivity contribution in [2.24, 2.45) is 5.41 Å². The number of H-pyrrole nitrogens is 1. The van der Waals surface area contributed by atoms with Gasteiger partial charge < -0.3 is 29.8 Å². The molecule has 10 nitrogen and oxygen atoms in total. The maximum absolute atomic E-state index is 13.5. The number of esters is 1. The Bertz CT molecular complexity index is 1410. The summed E-state index contributed by atoms with van der Waals surface area (Å²) in [5.41, 5.74) is -3.40.